The summed E-state index contributed by atoms with van der Waals surface area (Å²) in [5, 5.41) is 12.4. The molecule has 4 nitrogen and oxygen atoms in total. The molecule has 1 N–H and O–H groups in total. The Kier molecular flexibility index (Phi) is 4.87. The van der Waals surface area contributed by atoms with E-state index in [1.807, 2.05) is 20.8 Å². The first-order chi connectivity index (χ1) is 10.3. The number of hydrogen-bond acceptors (Lipinski definition) is 3. The van der Waals surface area contributed by atoms with E-state index in [1.54, 1.807) is 0 Å². The second-order valence-electron chi connectivity index (χ2n) is 6.43. The highest BCUT2D eigenvalue weighted by Crippen LogP contribution is 2.25. The molecular formula is C18H24N2O2. The van der Waals surface area contributed by atoms with Gasteiger partial charge in [-0.2, -0.15) is 5.26 Å². The fourth-order valence-electron chi connectivity index (χ4n) is 3.29. The monoisotopic (exact) mass is 300 g/mol. The molecule has 2 atom stereocenters. The number of ether oxygens (including phenoxy) is 1. The van der Waals surface area contributed by atoms with Gasteiger partial charge in [-0.05, 0) is 44.4 Å². The number of amides is 1. The third kappa shape index (κ3) is 3.66. The summed E-state index contributed by atoms with van der Waals surface area (Å²) in [6, 6.07) is 6.47. The van der Waals surface area contributed by atoms with E-state index in [2.05, 4.69) is 30.4 Å². The predicted octanol–water partition coefficient (Wildman–Crippen LogP) is 2.73. The maximum absolute atomic E-state index is 12.4. The number of aryl methyl sites for hydroxylation is 3. The molecule has 118 valence electrons. The molecule has 0 saturated carbocycles. The fourth-order valence-corrected chi connectivity index (χ4v) is 3.29. The van der Waals surface area contributed by atoms with E-state index in [0.29, 0.717) is 25.9 Å². The lowest BCUT2D eigenvalue weighted by atomic mass is 9.88. The number of rotatable bonds is 3. The van der Waals surface area contributed by atoms with Crippen LogP contribution in [0.25, 0.3) is 0 Å². The summed E-state index contributed by atoms with van der Waals surface area (Å²) in [5.41, 5.74) is 3.71. The zero-order chi connectivity index (χ0) is 16.3. The Morgan fingerprint density at radius 2 is 2.05 bits per heavy atom. The van der Waals surface area contributed by atoms with Crippen molar-refractivity contribution in [2.24, 2.45) is 0 Å². The topological polar surface area (TPSA) is 62.1 Å². The van der Waals surface area contributed by atoms with Crippen LogP contribution in [0.15, 0.2) is 12.1 Å². The van der Waals surface area contributed by atoms with Crippen molar-refractivity contribution in [3.05, 3.63) is 34.4 Å². The average molecular weight is 300 g/mol. The van der Waals surface area contributed by atoms with Crippen LogP contribution >= 0.6 is 0 Å². The molecule has 1 amide bonds. The van der Waals surface area contributed by atoms with Crippen molar-refractivity contribution in [2.45, 2.75) is 58.6 Å². The van der Waals surface area contributed by atoms with Crippen molar-refractivity contribution in [3.63, 3.8) is 0 Å². The predicted molar refractivity (Wildman–Crippen MR) is 85.5 cm³/mol. The lowest BCUT2D eigenvalue weighted by Crippen LogP contribution is -2.53. The van der Waals surface area contributed by atoms with Crippen molar-refractivity contribution in [3.8, 4) is 6.07 Å². The molecule has 4 heteroatoms. The van der Waals surface area contributed by atoms with Gasteiger partial charge < -0.3 is 10.1 Å². The normalized spacial score (nSPS) is 24.6. The highest BCUT2D eigenvalue weighted by atomic mass is 16.5. The summed E-state index contributed by atoms with van der Waals surface area (Å²) in [7, 11) is 0. The fraction of sp³-hybridized carbons (Fsp3) is 0.556. The number of nitriles is 1. The van der Waals surface area contributed by atoms with Crippen molar-refractivity contribution in [1.29, 1.82) is 5.26 Å². The van der Waals surface area contributed by atoms with Gasteiger partial charge in [0.15, 0.2) is 0 Å². The molecule has 1 heterocycles. The number of nitrogens with zero attached hydrogens (tertiary/aromatic N) is 1. The smallest absolute Gasteiger partial charge is 0.225 e. The largest absolute Gasteiger partial charge is 0.378 e. The Hall–Kier alpha value is -1.86. The summed E-state index contributed by atoms with van der Waals surface area (Å²) >= 11 is 0. The highest BCUT2D eigenvalue weighted by molar-refractivity contribution is 5.80. The van der Waals surface area contributed by atoms with E-state index < -0.39 is 5.54 Å². The van der Waals surface area contributed by atoms with Crippen LogP contribution in [0.5, 0.6) is 0 Å². The molecule has 0 aromatic heterocycles. The Bertz CT molecular complexity index is 595. The first-order valence-corrected chi connectivity index (χ1v) is 7.76. The quantitative estimate of drug-likeness (QED) is 0.933. The van der Waals surface area contributed by atoms with Crippen LogP contribution in [0.4, 0.5) is 0 Å². The lowest BCUT2D eigenvalue weighted by Gasteiger charge is -2.35. The first kappa shape index (κ1) is 16.5. The summed E-state index contributed by atoms with van der Waals surface area (Å²) in [5.74, 6) is -0.0919. The zero-order valence-corrected chi connectivity index (χ0v) is 13.8. The molecule has 1 aromatic rings. The lowest BCUT2D eigenvalue weighted by molar-refractivity contribution is -0.123. The summed E-state index contributed by atoms with van der Waals surface area (Å²) in [6.45, 7) is 8.56. The first-order valence-electron chi connectivity index (χ1n) is 7.76. The molecule has 0 radical (unpaired) electrons. The standard InChI is InChI=1S/C18H24N2O2/c1-12-7-13(2)16(14(3)8-12)9-17(21)20-18(11-19)5-6-22-15(4)10-18/h7-8,15H,5-6,9-10H2,1-4H3,(H,20,21). The van der Waals surface area contributed by atoms with Crippen LogP contribution in [0.1, 0.15) is 42.0 Å². The van der Waals surface area contributed by atoms with Crippen LogP contribution in [0, 0.1) is 32.1 Å². The Morgan fingerprint density at radius 3 is 2.59 bits per heavy atom. The maximum Gasteiger partial charge on any atom is 0.225 e. The molecule has 1 aliphatic heterocycles. The molecule has 1 aliphatic rings. The van der Waals surface area contributed by atoms with Gasteiger partial charge in [0.25, 0.3) is 0 Å². The van der Waals surface area contributed by atoms with Gasteiger partial charge in [0, 0.05) is 12.8 Å². The zero-order valence-electron chi connectivity index (χ0n) is 13.8. The number of carbonyl (C=O) groups excluding carboxylic acids is 1. The van der Waals surface area contributed by atoms with Gasteiger partial charge in [-0.3, -0.25) is 4.79 Å². The van der Waals surface area contributed by atoms with Crippen molar-refractivity contribution in [2.75, 3.05) is 6.61 Å². The molecule has 2 rings (SSSR count). The van der Waals surface area contributed by atoms with Gasteiger partial charge in [0.05, 0.1) is 25.2 Å². The van der Waals surface area contributed by atoms with E-state index >= 15 is 0 Å². The molecule has 0 spiro atoms. The van der Waals surface area contributed by atoms with Crippen molar-refractivity contribution < 1.29 is 9.53 Å². The Balaban J connectivity index is 2.12. The van der Waals surface area contributed by atoms with Crippen molar-refractivity contribution in [1.82, 2.24) is 5.32 Å². The molecule has 2 unspecified atom stereocenters. The number of benzene rings is 1. The van der Waals surface area contributed by atoms with E-state index in [9.17, 15) is 10.1 Å². The van der Waals surface area contributed by atoms with Gasteiger partial charge >= 0.3 is 0 Å². The SMILES string of the molecule is Cc1cc(C)c(CC(=O)NC2(C#N)CCOC(C)C2)c(C)c1. The van der Waals surface area contributed by atoms with E-state index in [4.69, 9.17) is 4.74 Å². The molecule has 0 bridgehead atoms. The van der Waals surface area contributed by atoms with Gasteiger partial charge in [-0.25, -0.2) is 0 Å². The second-order valence-corrected chi connectivity index (χ2v) is 6.43. The molecule has 1 fully saturated rings. The molecule has 22 heavy (non-hydrogen) atoms. The second kappa shape index (κ2) is 6.50. The van der Waals surface area contributed by atoms with E-state index in [1.165, 1.54) is 5.56 Å². The Morgan fingerprint density at radius 1 is 1.41 bits per heavy atom. The van der Waals surface area contributed by atoms with E-state index in [0.717, 1.165) is 16.7 Å². The van der Waals surface area contributed by atoms with Crippen LogP contribution < -0.4 is 5.32 Å². The molecule has 1 saturated heterocycles. The van der Waals surface area contributed by atoms with E-state index in [-0.39, 0.29) is 12.0 Å². The number of hydrogen-bond donors (Lipinski definition) is 1. The van der Waals surface area contributed by atoms with Crippen LogP contribution in [0.2, 0.25) is 0 Å². The molecule has 0 aliphatic carbocycles. The third-order valence-electron chi connectivity index (χ3n) is 4.34. The summed E-state index contributed by atoms with van der Waals surface area (Å²) in [4.78, 5) is 12.4. The van der Waals surface area contributed by atoms with Gasteiger partial charge in [-0.1, -0.05) is 17.7 Å². The van der Waals surface area contributed by atoms with Crippen LogP contribution in [-0.2, 0) is 16.0 Å². The van der Waals surface area contributed by atoms with Gasteiger partial charge in [0.1, 0.15) is 5.54 Å². The van der Waals surface area contributed by atoms with Gasteiger partial charge in [-0.15, -0.1) is 0 Å². The summed E-state index contributed by atoms with van der Waals surface area (Å²) < 4.78 is 5.48. The number of carbonyl (C=O) groups is 1. The average Bonchev–Trinajstić information content (AvgIpc) is 2.42. The van der Waals surface area contributed by atoms with Crippen LogP contribution in [0.3, 0.4) is 0 Å². The third-order valence-corrected chi connectivity index (χ3v) is 4.34. The Labute approximate surface area is 132 Å². The minimum Gasteiger partial charge on any atom is -0.378 e. The minimum atomic E-state index is -0.790. The number of nitrogens with one attached hydrogen (secondary N) is 1. The van der Waals surface area contributed by atoms with Crippen LogP contribution in [-0.4, -0.2) is 24.2 Å². The van der Waals surface area contributed by atoms with Gasteiger partial charge in [0.2, 0.25) is 5.91 Å². The molecule has 1 aromatic carbocycles. The maximum atomic E-state index is 12.4. The minimum absolute atomic E-state index is 0.00320. The highest BCUT2D eigenvalue weighted by Gasteiger charge is 2.37. The van der Waals surface area contributed by atoms with Crippen molar-refractivity contribution >= 4 is 5.91 Å². The summed E-state index contributed by atoms with van der Waals surface area (Å²) in [6.07, 6.45) is 1.40. The molecular weight excluding hydrogens is 276 g/mol.